The van der Waals surface area contributed by atoms with Gasteiger partial charge in [-0.25, -0.2) is 13.8 Å². The number of imidazole rings is 1. The lowest BCUT2D eigenvalue weighted by molar-refractivity contribution is 0.0956. The van der Waals surface area contributed by atoms with E-state index in [0.29, 0.717) is 43.1 Å². The number of benzene rings is 1. The number of rotatable bonds is 3. The Kier molecular flexibility index (Phi) is 4.70. The molecule has 0 spiro atoms. The average molecular weight is 398 g/mol. The molecule has 5 nitrogen and oxygen atoms in total. The van der Waals surface area contributed by atoms with Crippen molar-refractivity contribution in [3.63, 3.8) is 0 Å². The number of hydrogen-bond acceptors (Lipinski definition) is 3. The SMILES string of the molecule is O=C1NCCn2c(CN3CCC(C4=CCC(F)C=C4)CC3)nc3cc(F)cc1c32. The van der Waals surface area contributed by atoms with Gasteiger partial charge in [0, 0.05) is 25.6 Å². The van der Waals surface area contributed by atoms with Crippen molar-refractivity contribution in [1.29, 1.82) is 0 Å². The van der Waals surface area contributed by atoms with Crippen molar-refractivity contribution < 1.29 is 13.6 Å². The lowest BCUT2D eigenvalue weighted by Gasteiger charge is -2.33. The molecule has 2 aromatic rings. The van der Waals surface area contributed by atoms with Crippen LogP contribution in [0.4, 0.5) is 8.78 Å². The Morgan fingerprint density at radius 3 is 2.79 bits per heavy atom. The monoisotopic (exact) mass is 398 g/mol. The molecule has 3 heterocycles. The molecule has 2 aliphatic heterocycles. The maximum atomic E-state index is 14.0. The Hall–Kier alpha value is -2.54. The molecular weight excluding hydrogens is 374 g/mol. The highest BCUT2D eigenvalue weighted by molar-refractivity contribution is 6.05. The van der Waals surface area contributed by atoms with E-state index in [2.05, 4.69) is 19.8 Å². The molecule has 0 bridgehead atoms. The molecule has 1 aliphatic carbocycles. The first kappa shape index (κ1) is 18.5. The van der Waals surface area contributed by atoms with Crippen molar-refractivity contribution in [2.24, 2.45) is 5.92 Å². The zero-order chi connectivity index (χ0) is 20.0. The number of halogens is 2. The van der Waals surface area contributed by atoms with Crippen LogP contribution in [0, 0.1) is 11.7 Å². The third-order valence-corrected chi connectivity index (χ3v) is 6.25. The largest absolute Gasteiger partial charge is 0.350 e. The number of alkyl halides is 1. The molecule has 29 heavy (non-hydrogen) atoms. The van der Waals surface area contributed by atoms with Crippen LogP contribution < -0.4 is 5.32 Å². The lowest BCUT2D eigenvalue weighted by Crippen LogP contribution is -2.35. The summed E-state index contributed by atoms with van der Waals surface area (Å²) in [5.74, 6) is 0.674. The zero-order valence-electron chi connectivity index (χ0n) is 16.2. The highest BCUT2D eigenvalue weighted by Gasteiger charge is 2.26. The normalized spacial score (nSPS) is 23.2. The molecule has 1 N–H and O–H groups in total. The number of nitrogens with zero attached hydrogens (tertiary/aromatic N) is 3. The molecule has 0 saturated carbocycles. The van der Waals surface area contributed by atoms with E-state index in [-0.39, 0.29) is 5.91 Å². The topological polar surface area (TPSA) is 50.2 Å². The van der Waals surface area contributed by atoms with E-state index in [1.807, 2.05) is 12.2 Å². The molecule has 1 saturated heterocycles. The molecule has 1 amide bonds. The Morgan fingerprint density at radius 1 is 1.21 bits per heavy atom. The summed E-state index contributed by atoms with van der Waals surface area (Å²) in [6.45, 7) is 3.70. The van der Waals surface area contributed by atoms with Crippen LogP contribution in [0.1, 0.15) is 35.4 Å². The van der Waals surface area contributed by atoms with Crippen LogP contribution in [-0.2, 0) is 13.1 Å². The highest BCUT2D eigenvalue weighted by Crippen LogP contribution is 2.30. The average Bonchev–Trinajstić information content (AvgIpc) is 2.95. The van der Waals surface area contributed by atoms with Crippen molar-refractivity contribution >= 4 is 16.9 Å². The van der Waals surface area contributed by atoms with Gasteiger partial charge in [0.25, 0.3) is 5.91 Å². The van der Waals surface area contributed by atoms with Crippen LogP contribution >= 0.6 is 0 Å². The number of carbonyl (C=O) groups is 1. The van der Waals surface area contributed by atoms with E-state index in [0.717, 1.165) is 37.3 Å². The fraction of sp³-hybridized carbons (Fsp3) is 0.455. The van der Waals surface area contributed by atoms with Crippen molar-refractivity contribution in [2.75, 3.05) is 19.6 Å². The van der Waals surface area contributed by atoms with Gasteiger partial charge >= 0.3 is 0 Å². The molecular formula is C22H24F2N4O. The third kappa shape index (κ3) is 3.48. The quantitative estimate of drug-likeness (QED) is 0.863. The second kappa shape index (κ2) is 7.37. The standard InChI is InChI=1S/C22H24F2N4O/c23-16-3-1-14(2-4-16)15-5-8-27(9-6-15)13-20-26-19-12-17(24)11-18-21(19)28(20)10-7-25-22(18)29/h1-3,11-12,15-16H,4-10,13H2,(H,25,29). The van der Waals surface area contributed by atoms with Crippen LogP contribution in [0.3, 0.4) is 0 Å². The van der Waals surface area contributed by atoms with Gasteiger partial charge in [0.05, 0.1) is 23.1 Å². The first-order valence-electron chi connectivity index (χ1n) is 10.3. The van der Waals surface area contributed by atoms with E-state index in [1.54, 1.807) is 6.08 Å². The summed E-state index contributed by atoms with van der Waals surface area (Å²) in [4.78, 5) is 19.3. The Balaban J connectivity index is 1.34. The van der Waals surface area contributed by atoms with Gasteiger partial charge in [-0.2, -0.15) is 0 Å². The molecule has 152 valence electrons. The van der Waals surface area contributed by atoms with Crippen molar-refractivity contribution in [3.05, 3.63) is 53.1 Å². The molecule has 7 heteroatoms. The van der Waals surface area contributed by atoms with E-state index in [9.17, 15) is 13.6 Å². The number of piperidine rings is 1. The minimum absolute atomic E-state index is 0.246. The Labute approximate surface area is 168 Å². The van der Waals surface area contributed by atoms with Crippen LogP contribution in [0.2, 0.25) is 0 Å². The van der Waals surface area contributed by atoms with E-state index in [1.165, 1.54) is 17.7 Å². The molecule has 1 atom stereocenters. The molecule has 1 fully saturated rings. The van der Waals surface area contributed by atoms with Gasteiger partial charge in [-0.1, -0.05) is 18.2 Å². The van der Waals surface area contributed by atoms with Gasteiger partial charge in [0.1, 0.15) is 17.8 Å². The fourth-order valence-electron chi connectivity index (χ4n) is 4.73. The second-order valence-electron chi connectivity index (χ2n) is 8.12. The summed E-state index contributed by atoms with van der Waals surface area (Å²) >= 11 is 0. The molecule has 5 rings (SSSR count). The minimum atomic E-state index is -0.842. The van der Waals surface area contributed by atoms with Crippen molar-refractivity contribution in [2.45, 2.75) is 38.5 Å². The fourth-order valence-corrected chi connectivity index (χ4v) is 4.73. The Bertz CT molecular complexity index is 1020. The maximum Gasteiger partial charge on any atom is 0.253 e. The molecule has 1 aromatic carbocycles. The van der Waals surface area contributed by atoms with E-state index >= 15 is 0 Å². The molecule has 3 aliphatic rings. The van der Waals surface area contributed by atoms with Gasteiger partial charge in [0.15, 0.2) is 0 Å². The summed E-state index contributed by atoms with van der Waals surface area (Å²) in [7, 11) is 0. The summed E-state index contributed by atoms with van der Waals surface area (Å²) in [6.07, 6.45) is 7.37. The van der Waals surface area contributed by atoms with Crippen LogP contribution in [0.15, 0.2) is 35.9 Å². The third-order valence-electron chi connectivity index (χ3n) is 6.25. The lowest BCUT2D eigenvalue weighted by atomic mass is 9.86. The highest BCUT2D eigenvalue weighted by atomic mass is 19.1. The number of likely N-dealkylation sites (tertiary alicyclic amines) is 1. The smallest absolute Gasteiger partial charge is 0.253 e. The first-order valence-corrected chi connectivity index (χ1v) is 10.3. The number of hydrogen-bond donors (Lipinski definition) is 1. The molecule has 0 radical (unpaired) electrons. The van der Waals surface area contributed by atoms with Gasteiger partial charge < -0.3 is 9.88 Å². The Morgan fingerprint density at radius 2 is 2.03 bits per heavy atom. The predicted octanol–water partition coefficient (Wildman–Crippen LogP) is 3.36. The number of aromatic nitrogens is 2. The van der Waals surface area contributed by atoms with Gasteiger partial charge in [-0.3, -0.25) is 9.69 Å². The molecule has 1 aromatic heterocycles. The maximum absolute atomic E-state index is 14.0. The first-order chi connectivity index (χ1) is 14.1. The van der Waals surface area contributed by atoms with E-state index in [4.69, 9.17) is 0 Å². The zero-order valence-corrected chi connectivity index (χ0v) is 16.2. The summed E-state index contributed by atoms with van der Waals surface area (Å²) in [5, 5.41) is 2.83. The van der Waals surface area contributed by atoms with Crippen LogP contribution in [0.5, 0.6) is 0 Å². The number of allylic oxidation sites excluding steroid dienone is 4. The van der Waals surface area contributed by atoms with Crippen LogP contribution in [0.25, 0.3) is 11.0 Å². The van der Waals surface area contributed by atoms with Gasteiger partial charge in [-0.15, -0.1) is 0 Å². The minimum Gasteiger partial charge on any atom is -0.350 e. The summed E-state index contributed by atoms with van der Waals surface area (Å²) in [6, 6.07) is 2.70. The molecule has 1 unspecified atom stereocenters. The summed E-state index contributed by atoms with van der Waals surface area (Å²) < 4.78 is 29.3. The van der Waals surface area contributed by atoms with Crippen molar-refractivity contribution in [1.82, 2.24) is 19.8 Å². The summed E-state index contributed by atoms with van der Waals surface area (Å²) in [5.41, 5.74) is 2.89. The second-order valence-corrected chi connectivity index (χ2v) is 8.12. The van der Waals surface area contributed by atoms with Gasteiger partial charge in [0.2, 0.25) is 0 Å². The van der Waals surface area contributed by atoms with E-state index < -0.39 is 12.0 Å². The van der Waals surface area contributed by atoms with Crippen LogP contribution in [-0.4, -0.2) is 46.2 Å². The number of amides is 1. The van der Waals surface area contributed by atoms with Crippen molar-refractivity contribution in [3.8, 4) is 0 Å². The number of nitrogens with one attached hydrogen (secondary N) is 1. The van der Waals surface area contributed by atoms with Gasteiger partial charge in [-0.05, 0) is 43.5 Å². The number of carbonyl (C=O) groups excluding carboxylic acids is 1. The predicted molar refractivity (Wildman–Crippen MR) is 107 cm³/mol.